The number of benzene rings is 1. The Morgan fingerprint density at radius 1 is 1.23 bits per heavy atom. The maximum Gasteiger partial charge on any atom is 0.332 e. The normalized spacial score (nSPS) is 24.8. The molecule has 0 saturated carbocycles. The Balaban J connectivity index is 1.51. The smallest absolute Gasteiger partial charge is 0.332 e. The number of likely N-dealkylation sites (tertiary alicyclic amines) is 1. The SMILES string of the molecule is CC(C)(C)CC(=O)N1CC2CC1C1C(=O)N(c3cnc(C#N)c4ccccc34)C(=O)N21. The van der Waals surface area contributed by atoms with Crippen molar-refractivity contribution in [3.63, 3.8) is 0 Å². The fourth-order valence-electron chi connectivity index (χ4n) is 5.17. The number of hydrogen-bond donors (Lipinski definition) is 0. The van der Waals surface area contributed by atoms with Crippen LogP contribution in [0.4, 0.5) is 10.5 Å². The number of pyridine rings is 1. The first-order valence-corrected chi connectivity index (χ1v) is 10.4. The maximum absolute atomic E-state index is 13.5. The number of amides is 4. The van der Waals surface area contributed by atoms with Gasteiger partial charge in [-0.25, -0.2) is 14.7 Å². The maximum atomic E-state index is 13.5. The highest BCUT2D eigenvalue weighted by molar-refractivity contribution is 6.25. The lowest BCUT2D eigenvalue weighted by atomic mass is 9.91. The molecule has 0 spiro atoms. The third kappa shape index (κ3) is 2.80. The summed E-state index contributed by atoms with van der Waals surface area (Å²) in [5.74, 6) is -0.300. The van der Waals surface area contributed by atoms with E-state index in [1.165, 1.54) is 11.1 Å². The van der Waals surface area contributed by atoms with Gasteiger partial charge in [-0.2, -0.15) is 5.26 Å². The van der Waals surface area contributed by atoms with Gasteiger partial charge in [-0.3, -0.25) is 9.59 Å². The van der Waals surface area contributed by atoms with E-state index >= 15 is 0 Å². The molecule has 3 unspecified atom stereocenters. The minimum absolute atomic E-state index is 0.0313. The van der Waals surface area contributed by atoms with Crippen molar-refractivity contribution in [2.24, 2.45) is 5.41 Å². The summed E-state index contributed by atoms with van der Waals surface area (Å²) in [4.78, 5) is 48.5. The summed E-state index contributed by atoms with van der Waals surface area (Å²) in [5, 5.41) is 10.6. The fourth-order valence-corrected chi connectivity index (χ4v) is 5.17. The number of imide groups is 1. The van der Waals surface area contributed by atoms with Gasteiger partial charge in [-0.05, 0) is 11.8 Å². The van der Waals surface area contributed by atoms with Gasteiger partial charge in [0.15, 0.2) is 0 Å². The molecule has 0 radical (unpaired) electrons. The zero-order chi connectivity index (χ0) is 22.1. The molecule has 3 fully saturated rings. The second-order valence-corrected chi connectivity index (χ2v) is 9.70. The van der Waals surface area contributed by atoms with Crippen molar-refractivity contribution >= 4 is 34.3 Å². The molecule has 8 heteroatoms. The zero-order valence-electron chi connectivity index (χ0n) is 17.7. The molecule has 3 atom stereocenters. The Morgan fingerprint density at radius 2 is 1.94 bits per heavy atom. The van der Waals surface area contributed by atoms with E-state index in [0.29, 0.717) is 35.8 Å². The highest BCUT2D eigenvalue weighted by Crippen LogP contribution is 2.44. The van der Waals surface area contributed by atoms with Crippen LogP contribution in [0.15, 0.2) is 30.5 Å². The molecule has 2 bridgehead atoms. The Kier molecular flexibility index (Phi) is 4.09. The molecule has 3 saturated heterocycles. The molecule has 8 nitrogen and oxygen atoms in total. The first-order chi connectivity index (χ1) is 14.7. The predicted octanol–water partition coefficient (Wildman–Crippen LogP) is 2.66. The van der Waals surface area contributed by atoms with Crippen molar-refractivity contribution < 1.29 is 14.4 Å². The summed E-state index contributed by atoms with van der Waals surface area (Å²) in [5.41, 5.74) is 0.483. The number of carbonyl (C=O) groups is 3. The number of nitriles is 1. The van der Waals surface area contributed by atoms with Crippen molar-refractivity contribution in [1.82, 2.24) is 14.8 Å². The molecule has 4 amide bonds. The third-order valence-corrected chi connectivity index (χ3v) is 6.39. The van der Waals surface area contributed by atoms with Crippen LogP contribution in [-0.2, 0) is 9.59 Å². The average Bonchev–Trinajstić information content (AvgIpc) is 3.38. The first kappa shape index (κ1) is 19.5. The van der Waals surface area contributed by atoms with Crippen LogP contribution < -0.4 is 4.90 Å². The Morgan fingerprint density at radius 3 is 2.61 bits per heavy atom. The summed E-state index contributed by atoms with van der Waals surface area (Å²) in [6.07, 6.45) is 2.46. The van der Waals surface area contributed by atoms with Crippen molar-refractivity contribution in [2.75, 3.05) is 11.4 Å². The average molecular weight is 417 g/mol. The molecule has 0 aliphatic carbocycles. The first-order valence-electron chi connectivity index (χ1n) is 10.4. The van der Waals surface area contributed by atoms with E-state index in [1.54, 1.807) is 34.1 Å². The monoisotopic (exact) mass is 417 g/mol. The number of aromatic nitrogens is 1. The highest BCUT2D eigenvalue weighted by atomic mass is 16.2. The number of anilines is 1. The summed E-state index contributed by atoms with van der Waals surface area (Å²) >= 11 is 0. The van der Waals surface area contributed by atoms with Crippen LogP contribution in [0.3, 0.4) is 0 Å². The van der Waals surface area contributed by atoms with Gasteiger partial charge in [0.25, 0.3) is 5.91 Å². The van der Waals surface area contributed by atoms with Gasteiger partial charge < -0.3 is 9.80 Å². The van der Waals surface area contributed by atoms with E-state index in [4.69, 9.17) is 0 Å². The summed E-state index contributed by atoms with van der Waals surface area (Å²) in [6, 6.07) is 7.71. The number of nitrogens with zero attached hydrogens (tertiary/aromatic N) is 5. The third-order valence-electron chi connectivity index (χ3n) is 6.39. The lowest BCUT2D eigenvalue weighted by Gasteiger charge is -2.36. The lowest BCUT2D eigenvalue weighted by Crippen LogP contribution is -2.55. The minimum atomic E-state index is -0.662. The van der Waals surface area contributed by atoms with Crippen molar-refractivity contribution in [3.8, 4) is 6.07 Å². The minimum Gasteiger partial charge on any atom is -0.335 e. The number of urea groups is 1. The Labute approximate surface area is 180 Å². The highest BCUT2D eigenvalue weighted by Gasteiger charge is 2.63. The molecular formula is C23H23N5O3. The molecule has 0 N–H and O–H groups in total. The molecule has 1 aromatic heterocycles. The second-order valence-electron chi connectivity index (χ2n) is 9.70. The number of rotatable bonds is 2. The van der Waals surface area contributed by atoms with Crippen molar-refractivity contribution in [2.45, 2.75) is 51.7 Å². The van der Waals surface area contributed by atoms with Crippen LogP contribution in [0.25, 0.3) is 10.8 Å². The molecular weight excluding hydrogens is 394 g/mol. The summed E-state index contributed by atoms with van der Waals surface area (Å²) < 4.78 is 0. The standard InChI is InChI=1S/C23H23N5O3/c1-23(2,3)9-19(29)26-12-13-8-17(26)20-21(30)28(22(31)27(13)20)18-11-25-16(10-24)14-6-4-5-7-15(14)18/h4-7,11,13,17,20H,8-9,12H2,1-3H3. The number of fused-ring (bicyclic) bond motifs is 6. The summed E-state index contributed by atoms with van der Waals surface area (Å²) in [6.45, 7) is 6.51. The molecule has 4 heterocycles. The van der Waals surface area contributed by atoms with E-state index in [1.807, 2.05) is 20.8 Å². The number of carbonyl (C=O) groups excluding carboxylic acids is 3. The Bertz CT molecular complexity index is 1180. The molecule has 3 aliphatic rings. The van der Waals surface area contributed by atoms with Crippen LogP contribution >= 0.6 is 0 Å². The van der Waals surface area contributed by atoms with Gasteiger partial charge in [0.05, 0.1) is 24.0 Å². The molecule has 158 valence electrons. The van der Waals surface area contributed by atoms with E-state index in [0.717, 1.165) is 0 Å². The van der Waals surface area contributed by atoms with Gasteiger partial charge >= 0.3 is 6.03 Å². The summed E-state index contributed by atoms with van der Waals surface area (Å²) in [7, 11) is 0. The van der Waals surface area contributed by atoms with Crippen LogP contribution in [0.1, 0.15) is 39.3 Å². The number of piperazine rings is 1. The van der Waals surface area contributed by atoms with Gasteiger partial charge in [0.2, 0.25) is 5.91 Å². The topological polar surface area (TPSA) is 97.6 Å². The molecule has 2 aromatic rings. The molecule has 3 aliphatic heterocycles. The van der Waals surface area contributed by atoms with Gasteiger partial charge in [-0.1, -0.05) is 45.0 Å². The van der Waals surface area contributed by atoms with E-state index in [-0.39, 0.29) is 41.0 Å². The van der Waals surface area contributed by atoms with E-state index < -0.39 is 6.04 Å². The van der Waals surface area contributed by atoms with E-state index in [9.17, 15) is 19.6 Å². The van der Waals surface area contributed by atoms with Crippen LogP contribution in [-0.4, -0.2) is 57.3 Å². The van der Waals surface area contributed by atoms with Crippen molar-refractivity contribution in [3.05, 3.63) is 36.2 Å². The second kappa shape index (κ2) is 6.51. The van der Waals surface area contributed by atoms with Crippen LogP contribution in [0.2, 0.25) is 0 Å². The van der Waals surface area contributed by atoms with Gasteiger partial charge in [0.1, 0.15) is 17.8 Å². The molecule has 1 aromatic carbocycles. The quantitative estimate of drug-likeness (QED) is 0.700. The lowest BCUT2D eigenvalue weighted by molar-refractivity contribution is -0.137. The zero-order valence-corrected chi connectivity index (χ0v) is 17.7. The predicted molar refractivity (Wildman–Crippen MR) is 113 cm³/mol. The molecule has 5 rings (SSSR count). The van der Waals surface area contributed by atoms with Crippen LogP contribution in [0, 0.1) is 16.7 Å². The van der Waals surface area contributed by atoms with Gasteiger partial charge in [0, 0.05) is 23.7 Å². The van der Waals surface area contributed by atoms with Crippen LogP contribution in [0.5, 0.6) is 0 Å². The van der Waals surface area contributed by atoms with Crippen molar-refractivity contribution in [1.29, 1.82) is 5.26 Å². The van der Waals surface area contributed by atoms with Gasteiger partial charge in [-0.15, -0.1) is 0 Å². The molecule has 31 heavy (non-hydrogen) atoms. The van der Waals surface area contributed by atoms with E-state index in [2.05, 4.69) is 11.1 Å². The largest absolute Gasteiger partial charge is 0.335 e. The Hall–Kier alpha value is -3.47. The fraction of sp³-hybridized carbons (Fsp3) is 0.435. The number of hydrogen-bond acceptors (Lipinski definition) is 5.